The van der Waals surface area contributed by atoms with E-state index in [-0.39, 0.29) is 29.7 Å². The second-order valence-electron chi connectivity index (χ2n) is 13.6. The molecule has 0 fully saturated rings. The van der Waals surface area contributed by atoms with Crippen molar-refractivity contribution in [3.63, 3.8) is 0 Å². The first-order valence-corrected chi connectivity index (χ1v) is 15.7. The third kappa shape index (κ3) is 11.2. The van der Waals surface area contributed by atoms with Crippen LogP contribution in [0.4, 0.5) is 0 Å². The summed E-state index contributed by atoms with van der Waals surface area (Å²) in [5, 5.41) is 6.26. The van der Waals surface area contributed by atoms with Crippen LogP contribution in [0, 0.1) is 11.3 Å². The van der Waals surface area contributed by atoms with Crippen molar-refractivity contribution in [1.82, 2.24) is 15.5 Å². The van der Waals surface area contributed by atoms with Gasteiger partial charge in [-0.3, -0.25) is 9.59 Å². The van der Waals surface area contributed by atoms with Crippen LogP contribution in [0.15, 0.2) is 42.0 Å². The van der Waals surface area contributed by atoms with E-state index in [2.05, 4.69) is 17.6 Å². The van der Waals surface area contributed by atoms with Crippen LogP contribution in [-0.2, 0) is 24.5 Å². The van der Waals surface area contributed by atoms with Crippen LogP contribution in [0.5, 0.6) is 0 Å². The molecule has 0 aliphatic heterocycles. The number of carbonyl (C=O) groups excluding carboxylic acids is 3. The minimum Gasteiger partial charge on any atom is -0.462 e. The fourth-order valence-corrected chi connectivity index (χ4v) is 5.32. The number of esters is 1. The number of nitrogens with one attached hydrogen (secondary N) is 2. The average molecular weight is 586 g/mol. The number of nitrogens with zero attached hydrogens (tertiary/aromatic N) is 1. The Morgan fingerprint density at radius 2 is 1.50 bits per heavy atom. The molecule has 0 saturated carbocycles. The summed E-state index contributed by atoms with van der Waals surface area (Å²) in [6.45, 7) is 18.3. The standard InChI is InChI=1S/C35H59N3O4/c1-12-13-14-15-16-20-23-42-33(41)26(4)24-28(25(2)3)38(11)32(40)30(34(5,6)7)37-31(39)29(36-10)35(8,9)27-21-18-17-19-22-27/h17-19,21-22,24-25,28-30,36H,12-16,20,23H2,1-11H3,(H,37,39)/b26-24+/t28-,29-,30-/m1/s1. The number of ether oxygens (including phenoxy) is 1. The highest BCUT2D eigenvalue weighted by atomic mass is 16.5. The molecule has 0 radical (unpaired) electrons. The van der Waals surface area contributed by atoms with Gasteiger partial charge in [0.05, 0.1) is 18.7 Å². The number of amides is 2. The fourth-order valence-electron chi connectivity index (χ4n) is 5.32. The Bertz CT molecular complexity index is 1010. The van der Waals surface area contributed by atoms with Crippen LogP contribution in [0.3, 0.4) is 0 Å². The normalized spacial score (nSPS) is 14.7. The molecule has 0 aliphatic rings. The third-order valence-electron chi connectivity index (χ3n) is 8.14. The predicted octanol–water partition coefficient (Wildman–Crippen LogP) is 6.42. The second kappa shape index (κ2) is 17.4. The molecule has 0 saturated heterocycles. The minimum absolute atomic E-state index is 0.0404. The van der Waals surface area contributed by atoms with Gasteiger partial charge in [0.2, 0.25) is 11.8 Å². The zero-order valence-corrected chi connectivity index (χ0v) is 28.3. The van der Waals surface area contributed by atoms with E-state index in [0.29, 0.717) is 12.2 Å². The van der Waals surface area contributed by atoms with Crippen molar-refractivity contribution < 1.29 is 19.1 Å². The van der Waals surface area contributed by atoms with E-state index in [4.69, 9.17) is 4.74 Å². The van der Waals surface area contributed by atoms with Gasteiger partial charge in [-0.2, -0.15) is 0 Å². The van der Waals surface area contributed by atoms with Gasteiger partial charge in [0.25, 0.3) is 0 Å². The van der Waals surface area contributed by atoms with E-state index in [0.717, 1.165) is 24.8 Å². The van der Waals surface area contributed by atoms with Crippen molar-refractivity contribution in [2.24, 2.45) is 11.3 Å². The van der Waals surface area contributed by atoms with Gasteiger partial charge in [-0.15, -0.1) is 0 Å². The number of benzene rings is 1. The molecule has 2 amide bonds. The lowest BCUT2D eigenvalue weighted by Crippen LogP contribution is -2.61. The summed E-state index contributed by atoms with van der Waals surface area (Å²) in [4.78, 5) is 42.1. The summed E-state index contributed by atoms with van der Waals surface area (Å²) in [6.07, 6.45) is 8.56. The van der Waals surface area contributed by atoms with Crippen molar-refractivity contribution in [3.8, 4) is 0 Å². The summed E-state index contributed by atoms with van der Waals surface area (Å²) >= 11 is 0. The molecular weight excluding hydrogens is 526 g/mol. The van der Waals surface area contributed by atoms with E-state index >= 15 is 0 Å². The van der Waals surface area contributed by atoms with Gasteiger partial charge < -0.3 is 20.3 Å². The first-order chi connectivity index (χ1) is 19.6. The number of hydrogen-bond donors (Lipinski definition) is 2. The highest BCUT2D eigenvalue weighted by molar-refractivity contribution is 5.92. The summed E-state index contributed by atoms with van der Waals surface area (Å²) in [7, 11) is 3.51. The Labute approximate surface area is 256 Å². The van der Waals surface area contributed by atoms with Crippen LogP contribution in [-0.4, -0.2) is 61.5 Å². The van der Waals surface area contributed by atoms with Crippen molar-refractivity contribution in [3.05, 3.63) is 47.5 Å². The van der Waals surface area contributed by atoms with Gasteiger partial charge in [0.15, 0.2) is 0 Å². The van der Waals surface area contributed by atoms with E-state index in [1.165, 1.54) is 19.3 Å². The van der Waals surface area contributed by atoms with Crippen LogP contribution >= 0.6 is 0 Å². The molecule has 0 aliphatic carbocycles. The molecule has 0 bridgehead atoms. The molecule has 238 valence electrons. The Hall–Kier alpha value is -2.67. The summed E-state index contributed by atoms with van der Waals surface area (Å²) < 4.78 is 5.52. The Morgan fingerprint density at radius 1 is 0.929 bits per heavy atom. The van der Waals surface area contributed by atoms with Crippen molar-refractivity contribution in [2.75, 3.05) is 20.7 Å². The van der Waals surface area contributed by atoms with E-state index in [9.17, 15) is 14.4 Å². The molecule has 7 nitrogen and oxygen atoms in total. The average Bonchev–Trinajstić information content (AvgIpc) is 2.93. The van der Waals surface area contributed by atoms with E-state index < -0.39 is 22.9 Å². The molecule has 42 heavy (non-hydrogen) atoms. The molecule has 1 aromatic carbocycles. The molecule has 3 atom stereocenters. The highest BCUT2D eigenvalue weighted by Gasteiger charge is 2.41. The van der Waals surface area contributed by atoms with Gasteiger partial charge in [-0.25, -0.2) is 4.79 Å². The first kappa shape index (κ1) is 37.4. The van der Waals surface area contributed by atoms with Crippen LogP contribution in [0.25, 0.3) is 0 Å². The van der Waals surface area contributed by atoms with Gasteiger partial charge >= 0.3 is 5.97 Å². The second-order valence-corrected chi connectivity index (χ2v) is 13.6. The Morgan fingerprint density at radius 3 is 2.02 bits per heavy atom. The quantitative estimate of drug-likeness (QED) is 0.125. The number of rotatable bonds is 17. The van der Waals surface area contributed by atoms with Gasteiger partial charge in [0, 0.05) is 18.0 Å². The molecule has 1 aromatic rings. The topological polar surface area (TPSA) is 87.7 Å². The number of unbranched alkanes of at least 4 members (excludes halogenated alkanes) is 5. The monoisotopic (exact) mass is 585 g/mol. The molecular formula is C35H59N3O4. The molecule has 0 spiro atoms. The third-order valence-corrected chi connectivity index (χ3v) is 8.14. The largest absolute Gasteiger partial charge is 0.462 e. The highest BCUT2D eigenvalue weighted by Crippen LogP contribution is 2.29. The SMILES string of the molecule is CCCCCCCCOC(=O)/C(C)=C/[C@H](C(C)C)N(C)C(=O)[C@@H](NC(=O)[C@@H](NC)C(C)(C)c1ccccc1)C(C)(C)C. The smallest absolute Gasteiger partial charge is 0.333 e. The van der Waals surface area contributed by atoms with E-state index in [1.807, 2.05) is 84.9 Å². The van der Waals surface area contributed by atoms with Crippen molar-refractivity contribution >= 4 is 17.8 Å². The molecule has 0 heterocycles. The van der Waals surface area contributed by atoms with Crippen LogP contribution in [0.1, 0.15) is 106 Å². The zero-order valence-electron chi connectivity index (χ0n) is 28.3. The summed E-state index contributed by atoms with van der Waals surface area (Å²) in [5.41, 5.74) is 0.440. The summed E-state index contributed by atoms with van der Waals surface area (Å²) in [6, 6.07) is 8.22. The van der Waals surface area contributed by atoms with Crippen LogP contribution < -0.4 is 10.6 Å². The lowest BCUT2D eigenvalue weighted by molar-refractivity contribution is -0.141. The first-order valence-electron chi connectivity index (χ1n) is 15.7. The number of carbonyl (C=O) groups is 3. The Balaban J connectivity index is 3.06. The van der Waals surface area contributed by atoms with E-state index in [1.54, 1.807) is 25.9 Å². The number of likely N-dealkylation sites (N-methyl/N-ethyl adjacent to an activating group) is 2. The summed E-state index contributed by atoms with van der Waals surface area (Å²) in [5.74, 6) is -0.750. The van der Waals surface area contributed by atoms with Crippen LogP contribution in [0.2, 0.25) is 0 Å². The van der Waals surface area contributed by atoms with Gasteiger partial charge in [0.1, 0.15) is 6.04 Å². The molecule has 0 aromatic heterocycles. The lowest BCUT2D eigenvalue weighted by Gasteiger charge is -2.40. The molecule has 7 heteroatoms. The maximum atomic E-state index is 14.0. The van der Waals surface area contributed by atoms with Gasteiger partial charge in [-0.05, 0) is 37.3 Å². The molecule has 1 rings (SSSR count). The lowest BCUT2D eigenvalue weighted by atomic mass is 9.76. The number of hydrogen-bond acceptors (Lipinski definition) is 5. The Kier molecular flexibility index (Phi) is 15.5. The van der Waals surface area contributed by atoms with Gasteiger partial charge in [-0.1, -0.05) is 124 Å². The van der Waals surface area contributed by atoms with Crippen molar-refractivity contribution in [1.29, 1.82) is 0 Å². The van der Waals surface area contributed by atoms with Crippen molar-refractivity contribution in [2.45, 2.75) is 124 Å². The minimum atomic E-state index is -0.771. The predicted molar refractivity (Wildman–Crippen MR) is 173 cm³/mol. The maximum absolute atomic E-state index is 14.0. The molecule has 0 unspecified atom stereocenters. The maximum Gasteiger partial charge on any atom is 0.333 e. The molecule has 2 N–H and O–H groups in total. The fraction of sp³-hybridized carbons (Fsp3) is 0.686. The zero-order chi connectivity index (χ0) is 32.1.